The number of carboxylic acid groups (broad SMARTS) is 1. The van der Waals surface area contributed by atoms with Crippen LogP contribution < -0.4 is 0 Å². The van der Waals surface area contributed by atoms with E-state index >= 15 is 0 Å². The largest absolute Gasteiger partial charge is 0.478 e. The van der Waals surface area contributed by atoms with Crippen molar-refractivity contribution in [3.8, 4) is 0 Å². The Hall–Kier alpha value is -2.10. The molecule has 3 rings (SSSR count). The summed E-state index contributed by atoms with van der Waals surface area (Å²) >= 11 is 0. The predicted molar refractivity (Wildman–Crippen MR) is 60.0 cm³/mol. The molecule has 0 radical (unpaired) electrons. The molecule has 4 heteroatoms. The van der Waals surface area contributed by atoms with Crippen LogP contribution in [-0.2, 0) is 11.2 Å². The van der Waals surface area contributed by atoms with Crippen molar-refractivity contribution in [2.24, 2.45) is 0 Å². The Bertz CT molecular complexity index is 611. The number of nitrogens with zero attached hydrogens (tertiary/aromatic N) is 1. The fourth-order valence-corrected chi connectivity index (χ4v) is 2.17. The molecule has 0 fully saturated rings. The van der Waals surface area contributed by atoms with Crippen LogP contribution in [0.2, 0.25) is 0 Å². The van der Waals surface area contributed by atoms with Gasteiger partial charge in [-0.25, -0.2) is 9.78 Å². The van der Waals surface area contributed by atoms with Gasteiger partial charge in [0.25, 0.3) is 0 Å². The van der Waals surface area contributed by atoms with Crippen LogP contribution >= 0.6 is 0 Å². The zero-order valence-electron chi connectivity index (χ0n) is 8.53. The van der Waals surface area contributed by atoms with Crippen LogP contribution in [0, 0.1) is 0 Å². The lowest BCUT2D eigenvalue weighted by Gasteiger charge is -2.00. The van der Waals surface area contributed by atoms with Crippen LogP contribution in [0.25, 0.3) is 17.1 Å². The van der Waals surface area contributed by atoms with E-state index in [0.717, 1.165) is 28.6 Å². The molecule has 1 aliphatic rings. The Morgan fingerprint density at radius 2 is 2.31 bits per heavy atom. The van der Waals surface area contributed by atoms with Crippen molar-refractivity contribution in [2.45, 2.75) is 12.8 Å². The number of aliphatic carboxylic acids is 1. The minimum Gasteiger partial charge on any atom is -0.478 e. The molecule has 0 saturated heterocycles. The summed E-state index contributed by atoms with van der Waals surface area (Å²) in [4.78, 5) is 18.3. The number of H-pyrrole nitrogens is 1. The van der Waals surface area contributed by atoms with E-state index in [1.54, 1.807) is 12.3 Å². The van der Waals surface area contributed by atoms with Gasteiger partial charge in [-0.1, -0.05) is 0 Å². The Morgan fingerprint density at radius 3 is 3.12 bits per heavy atom. The molecule has 0 amide bonds. The Balaban J connectivity index is 2.29. The maximum Gasteiger partial charge on any atom is 0.331 e. The second kappa shape index (κ2) is 3.20. The van der Waals surface area contributed by atoms with Crippen LogP contribution in [0.15, 0.2) is 24.0 Å². The summed E-state index contributed by atoms with van der Waals surface area (Å²) in [6.07, 6.45) is 6.63. The number of carbonyl (C=O) groups is 1. The summed E-state index contributed by atoms with van der Waals surface area (Å²) in [5.74, 6) is -0.838. The monoisotopic (exact) mass is 214 g/mol. The molecule has 2 heterocycles. The first-order valence-corrected chi connectivity index (χ1v) is 5.14. The fraction of sp³-hybridized carbons (Fsp3) is 0.167. The molecule has 0 unspecified atom stereocenters. The lowest BCUT2D eigenvalue weighted by atomic mass is 10.1. The molecule has 2 N–H and O–H groups in total. The second-order valence-corrected chi connectivity index (χ2v) is 3.91. The van der Waals surface area contributed by atoms with Gasteiger partial charge in [0.1, 0.15) is 5.65 Å². The minimum absolute atomic E-state index is 0.456. The van der Waals surface area contributed by atoms with E-state index in [2.05, 4.69) is 9.97 Å². The number of aryl methyl sites for hydroxylation is 1. The van der Waals surface area contributed by atoms with E-state index in [-0.39, 0.29) is 0 Å². The highest BCUT2D eigenvalue weighted by atomic mass is 16.4. The quantitative estimate of drug-likeness (QED) is 0.762. The number of rotatable bonds is 1. The first kappa shape index (κ1) is 9.15. The van der Waals surface area contributed by atoms with Gasteiger partial charge in [0.05, 0.1) is 0 Å². The maximum atomic E-state index is 11.0. The van der Waals surface area contributed by atoms with Crippen LogP contribution in [-0.4, -0.2) is 21.0 Å². The molecule has 80 valence electrons. The molecule has 0 spiro atoms. The van der Waals surface area contributed by atoms with Gasteiger partial charge in [-0.05, 0) is 30.5 Å². The predicted octanol–water partition coefficient (Wildman–Crippen LogP) is 1.98. The van der Waals surface area contributed by atoms with Crippen molar-refractivity contribution in [3.63, 3.8) is 0 Å². The molecular formula is C12H10N2O2. The van der Waals surface area contributed by atoms with Gasteiger partial charge >= 0.3 is 5.97 Å². The lowest BCUT2D eigenvalue weighted by Crippen LogP contribution is -2.00. The first-order chi connectivity index (χ1) is 7.75. The van der Waals surface area contributed by atoms with Crippen molar-refractivity contribution in [1.29, 1.82) is 0 Å². The van der Waals surface area contributed by atoms with Gasteiger partial charge in [-0.15, -0.1) is 0 Å². The van der Waals surface area contributed by atoms with Gasteiger partial charge in [-0.3, -0.25) is 0 Å². The summed E-state index contributed by atoms with van der Waals surface area (Å²) in [7, 11) is 0. The topological polar surface area (TPSA) is 66.0 Å². The molecular weight excluding hydrogens is 204 g/mol. The van der Waals surface area contributed by atoms with Crippen LogP contribution in [0.4, 0.5) is 0 Å². The zero-order valence-corrected chi connectivity index (χ0v) is 8.53. The van der Waals surface area contributed by atoms with E-state index in [9.17, 15) is 4.79 Å². The third kappa shape index (κ3) is 1.23. The highest BCUT2D eigenvalue weighted by molar-refractivity contribution is 5.98. The fourth-order valence-electron chi connectivity index (χ4n) is 2.17. The first-order valence-electron chi connectivity index (χ1n) is 5.14. The van der Waals surface area contributed by atoms with Crippen LogP contribution in [0.1, 0.15) is 17.5 Å². The summed E-state index contributed by atoms with van der Waals surface area (Å²) in [6, 6.07) is 1.96. The highest BCUT2D eigenvalue weighted by Gasteiger charge is 2.16. The summed E-state index contributed by atoms with van der Waals surface area (Å²) < 4.78 is 0. The molecule has 16 heavy (non-hydrogen) atoms. The molecule has 0 saturated carbocycles. The Kier molecular flexibility index (Phi) is 1.83. The van der Waals surface area contributed by atoms with Gasteiger partial charge in [0.15, 0.2) is 0 Å². The van der Waals surface area contributed by atoms with Crippen molar-refractivity contribution in [1.82, 2.24) is 9.97 Å². The normalized spacial score (nSPS) is 14.6. The number of pyridine rings is 1. The Labute approximate surface area is 91.6 Å². The minimum atomic E-state index is -0.838. The summed E-state index contributed by atoms with van der Waals surface area (Å²) in [6.45, 7) is 0. The van der Waals surface area contributed by atoms with Gasteiger partial charge in [-0.2, -0.15) is 0 Å². The highest BCUT2D eigenvalue weighted by Crippen LogP contribution is 2.28. The molecule has 2 aromatic rings. The second-order valence-electron chi connectivity index (χ2n) is 3.91. The maximum absolute atomic E-state index is 11.0. The van der Waals surface area contributed by atoms with E-state index in [4.69, 9.17) is 5.11 Å². The smallest absolute Gasteiger partial charge is 0.331 e. The van der Waals surface area contributed by atoms with Crippen LogP contribution in [0.3, 0.4) is 0 Å². The molecule has 0 aliphatic heterocycles. The van der Waals surface area contributed by atoms with Gasteiger partial charge < -0.3 is 10.1 Å². The molecule has 1 aliphatic carbocycles. The molecule has 0 aromatic carbocycles. The standard InChI is InChI=1S/C12H10N2O2/c15-12(16)8-2-1-7-3-4-13-11-10(7)9(5-8)6-14-11/h3-6H,1-2H2,(H,13,14)(H,15,16). The number of nitrogens with one attached hydrogen (secondary N) is 1. The van der Waals surface area contributed by atoms with Gasteiger partial charge in [0, 0.05) is 28.9 Å². The van der Waals surface area contributed by atoms with Crippen LogP contribution in [0.5, 0.6) is 0 Å². The third-order valence-corrected chi connectivity index (χ3v) is 2.96. The van der Waals surface area contributed by atoms with E-state index in [0.29, 0.717) is 12.0 Å². The number of carboxylic acids is 1. The number of hydrogen-bond acceptors (Lipinski definition) is 2. The molecule has 4 nitrogen and oxygen atoms in total. The van der Waals surface area contributed by atoms with Gasteiger partial charge in [0.2, 0.25) is 0 Å². The molecule has 0 atom stereocenters. The van der Waals surface area contributed by atoms with E-state index in [1.165, 1.54) is 0 Å². The lowest BCUT2D eigenvalue weighted by molar-refractivity contribution is -0.132. The van der Waals surface area contributed by atoms with E-state index in [1.807, 2.05) is 12.3 Å². The summed E-state index contributed by atoms with van der Waals surface area (Å²) in [5, 5.41) is 10.1. The SMILES string of the molecule is O=C(O)C1=Cc2c[nH]c3nccc(c23)CC1. The molecule has 0 bridgehead atoms. The average molecular weight is 214 g/mol. The molecule has 2 aromatic heterocycles. The third-order valence-electron chi connectivity index (χ3n) is 2.96. The summed E-state index contributed by atoms with van der Waals surface area (Å²) in [5.41, 5.74) is 3.37. The number of hydrogen-bond donors (Lipinski definition) is 2. The average Bonchev–Trinajstić information content (AvgIpc) is 2.56. The van der Waals surface area contributed by atoms with Crippen molar-refractivity contribution in [2.75, 3.05) is 0 Å². The van der Waals surface area contributed by atoms with E-state index < -0.39 is 5.97 Å². The van der Waals surface area contributed by atoms with Crippen molar-refractivity contribution >= 4 is 23.1 Å². The number of aromatic amines is 1. The zero-order chi connectivity index (χ0) is 11.1. The Morgan fingerprint density at radius 1 is 1.44 bits per heavy atom. The number of aromatic nitrogens is 2. The van der Waals surface area contributed by atoms with Crippen molar-refractivity contribution in [3.05, 3.63) is 35.2 Å². The van der Waals surface area contributed by atoms with Crippen molar-refractivity contribution < 1.29 is 9.90 Å².